The fraction of sp³-hybridized carbons (Fsp3) is 0.125. The molecule has 0 spiro atoms. The number of pyridine rings is 1. The van der Waals surface area contributed by atoms with Gasteiger partial charge in [-0.2, -0.15) is 5.10 Å². The van der Waals surface area contributed by atoms with Gasteiger partial charge in [-0.1, -0.05) is 30.3 Å². The van der Waals surface area contributed by atoms with E-state index in [2.05, 4.69) is 14.8 Å². The van der Waals surface area contributed by atoms with Crippen LogP contribution in [0.25, 0.3) is 0 Å². The second-order valence-corrected chi connectivity index (χ2v) is 6.82. The lowest BCUT2D eigenvalue weighted by molar-refractivity contribution is 0.600. The zero-order chi connectivity index (χ0) is 16.1. The summed E-state index contributed by atoms with van der Waals surface area (Å²) in [7, 11) is -3.48. The zero-order valence-corrected chi connectivity index (χ0v) is 13.1. The van der Waals surface area contributed by atoms with E-state index in [4.69, 9.17) is 0 Å². The molecule has 23 heavy (non-hydrogen) atoms. The van der Waals surface area contributed by atoms with Gasteiger partial charge in [0.1, 0.15) is 0 Å². The first-order valence-corrected chi connectivity index (χ1v) is 8.73. The Morgan fingerprint density at radius 3 is 2.43 bits per heavy atom. The predicted octanol–water partition coefficient (Wildman–Crippen LogP) is 2.27. The minimum Gasteiger partial charge on any atom is -0.266 e. The summed E-state index contributed by atoms with van der Waals surface area (Å²) in [5.74, 6) is 0.236. The lowest BCUT2D eigenvalue weighted by atomic mass is 10.2. The molecule has 0 fully saturated rings. The number of nitrogens with zero attached hydrogens (tertiary/aromatic N) is 3. The number of hydrogen-bond donors (Lipinski definition) is 1. The van der Waals surface area contributed by atoms with Crippen molar-refractivity contribution in [3.05, 3.63) is 78.2 Å². The van der Waals surface area contributed by atoms with Crippen LogP contribution in [0.1, 0.15) is 11.1 Å². The van der Waals surface area contributed by atoms with Crippen LogP contribution in [0, 0.1) is 0 Å². The molecule has 0 saturated heterocycles. The van der Waals surface area contributed by atoms with E-state index in [1.165, 1.54) is 0 Å². The quantitative estimate of drug-likeness (QED) is 0.753. The van der Waals surface area contributed by atoms with Crippen LogP contribution in [0.15, 0.2) is 67.1 Å². The van der Waals surface area contributed by atoms with Crippen molar-refractivity contribution in [3.63, 3.8) is 0 Å². The van der Waals surface area contributed by atoms with Crippen molar-refractivity contribution in [3.8, 4) is 0 Å². The molecule has 0 atom stereocenters. The smallest absolute Gasteiger partial charge is 0.238 e. The molecule has 2 aromatic heterocycles. The van der Waals surface area contributed by atoms with E-state index in [9.17, 15) is 8.42 Å². The van der Waals surface area contributed by atoms with E-state index in [1.54, 1.807) is 41.5 Å². The van der Waals surface area contributed by atoms with Crippen LogP contribution < -0.4 is 4.72 Å². The topological polar surface area (TPSA) is 76.9 Å². The molecule has 1 N–H and O–H groups in total. The van der Waals surface area contributed by atoms with Crippen molar-refractivity contribution in [1.82, 2.24) is 14.8 Å². The molecule has 3 rings (SSSR count). The van der Waals surface area contributed by atoms with Crippen LogP contribution >= 0.6 is 0 Å². The number of aromatic nitrogens is 3. The molecule has 0 radical (unpaired) electrons. The van der Waals surface area contributed by atoms with Crippen LogP contribution in [0.5, 0.6) is 0 Å². The van der Waals surface area contributed by atoms with Crippen LogP contribution in [0.2, 0.25) is 0 Å². The van der Waals surface area contributed by atoms with Gasteiger partial charge in [0, 0.05) is 24.7 Å². The predicted molar refractivity (Wildman–Crippen MR) is 88.3 cm³/mol. The molecular weight excluding hydrogens is 312 g/mol. The number of sulfonamides is 1. The third-order valence-electron chi connectivity index (χ3n) is 3.19. The molecule has 0 saturated carbocycles. The molecule has 118 valence electrons. The second-order valence-electron chi connectivity index (χ2n) is 5.10. The first-order chi connectivity index (χ1) is 11.1. The molecule has 3 aromatic rings. The third kappa shape index (κ3) is 4.40. The SMILES string of the molecule is O=S(=O)(Cc1ccccc1)Nc1ccn(Cc2ccncc2)n1. The van der Waals surface area contributed by atoms with Gasteiger partial charge < -0.3 is 0 Å². The average Bonchev–Trinajstić information content (AvgIpc) is 2.95. The van der Waals surface area contributed by atoms with E-state index in [1.807, 2.05) is 30.3 Å². The summed E-state index contributed by atoms with van der Waals surface area (Å²) in [5.41, 5.74) is 1.78. The van der Waals surface area contributed by atoms with Gasteiger partial charge in [-0.3, -0.25) is 14.4 Å². The summed E-state index contributed by atoms with van der Waals surface area (Å²) >= 11 is 0. The van der Waals surface area contributed by atoms with Crippen molar-refractivity contribution >= 4 is 15.8 Å². The van der Waals surface area contributed by atoms with Gasteiger partial charge in [0.15, 0.2) is 5.82 Å². The Morgan fingerprint density at radius 2 is 1.70 bits per heavy atom. The first kappa shape index (κ1) is 15.2. The molecule has 7 heteroatoms. The van der Waals surface area contributed by atoms with Crippen LogP contribution in [-0.2, 0) is 22.3 Å². The number of benzene rings is 1. The van der Waals surface area contributed by atoms with Gasteiger partial charge >= 0.3 is 0 Å². The highest BCUT2D eigenvalue weighted by atomic mass is 32.2. The summed E-state index contributed by atoms with van der Waals surface area (Å²) < 4.78 is 28.5. The van der Waals surface area contributed by atoms with Crippen LogP contribution in [0.3, 0.4) is 0 Å². The minimum atomic E-state index is -3.48. The summed E-state index contributed by atoms with van der Waals surface area (Å²) in [6, 6.07) is 14.5. The molecule has 0 aliphatic rings. The molecule has 0 amide bonds. The van der Waals surface area contributed by atoms with E-state index in [0.29, 0.717) is 12.4 Å². The highest BCUT2D eigenvalue weighted by Crippen LogP contribution is 2.11. The number of hydrogen-bond acceptors (Lipinski definition) is 4. The third-order valence-corrected chi connectivity index (χ3v) is 4.43. The summed E-state index contributed by atoms with van der Waals surface area (Å²) in [6.07, 6.45) is 5.16. The molecule has 0 aliphatic heterocycles. The highest BCUT2D eigenvalue weighted by molar-refractivity contribution is 7.91. The molecule has 2 heterocycles. The van der Waals surface area contributed by atoms with E-state index in [-0.39, 0.29) is 5.75 Å². The molecule has 0 unspecified atom stereocenters. The van der Waals surface area contributed by atoms with E-state index >= 15 is 0 Å². The first-order valence-electron chi connectivity index (χ1n) is 7.07. The Hall–Kier alpha value is -2.67. The fourth-order valence-corrected chi connectivity index (χ4v) is 3.30. The fourth-order valence-electron chi connectivity index (χ4n) is 2.17. The zero-order valence-electron chi connectivity index (χ0n) is 12.3. The highest BCUT2D eigenvalue weighted by Gasteiger charge is 2.13. The van der Waals surface area contributed by atoms with Gasteiger partial charge in [-0.05, 0) is 23.3 Å². The number of nitrogens with one attached hydrogen (secondary N) is 1. The van der Waals surface area contributed by atoms with E-state index < -0.39 is 10.0 Å². The van der Waals surface area contributed by atoms with Gasteiger partial charge in [-0.15, -0.1) is 0 Å². The number of rotatable bonds is 6. The average molecular weight is 328 g/mol. The maximum Gasteiger partial charge on any atom is 0.238 e. The Morgan fingerprint density at radius 1 is 0.957 bits per heavy atom. The summed E-state index contributed by atoms with van der Waals surface area (Å²) in [6.45, 7) is 0.558. The Bertz CT molecular complexity index is 861. The monoisotopic (exact) mass is 328 g/mol. The Labute approximate surface area is 134 Å². The van der Waals surface area contributed by atoms with E-state index in [0.717, 1.165) is 11.1 Å². The molecule has 0 bridgehead atoms. The van der Waals surface area contributed by atoms with Crippen LogP contribution in [-0.4, -0.2) is 23.2 Å². The minimum absolute atomic E-state index is 0.0783. The maximum absolute atomic E-state index is 12.2. The molecular formula is C16H16N4O2S. The van der Waals surface area contributed by atoms with Crippen LogP contribution in [0.4, 0.5) is 5.82 Å². The largest absolute Gasteiger partial charge is 0.266 e. The van der Waals surface area contributed by atoms with Gasteiger partial charge in [0.25, 0.3) is 0 Å². The standard InChI is InChI=1S/C16H16N4O2S/c21-23(22,13-15-4-2-1-3-5-15)19-16-8-11-20(18-16)12-14-6-9-17-10-7-14/h1-11H,12-13H2,(H,18,19). The lowest BCUT2D eigenvalue weighted by Gasteiger charge is -2.05. The van der Waals surface area contributed by atoms with Crippen molar-refractivity contribution < 1.29 is 8.42 Å². The maximum atomic E-state index is 12.2. The van der Waals surface area contributed by atoms with Crippen molar-refractivity contribution in [2.45, 2.75) is 12.3 Å². The van der Waals surface area contributed by atoms with Crippen molar-refractivity contribution in [2.24, 2.45) is 0 Å². The lowest BCUT2D eigenvalue weighted by Crippen LogP contribution is -2.15. The molecule has 0 aliphatic carbocycles. The van der Waals surface area contributed by atoms with Gasteiger partial charge in [0.05, 0.1) is 12.3 Å². The second kappa shape index (κ2) is 6.62. The summed E-state index contributed by atoms with van der Waals surface area (Å²) in [4.78, 5) is 3.96. The molecule has 1 aromatic carbocycles. The Balaban J connectivity index is 1.66. The van der Waals surface area contributed by atoms with Gasteiger partial charge in [0.2, 0.25) is 10.0 Å². The Kier molecular flexibility index (Phi) is 4.38. The van der Waals surface area contributed by atoms with Crippen molar-refractivity contribution in [1.29, 1.82) is 0 Å². The number of anilines is 1. The summed E-state index contributed by atoms with van der Waals surface area (Å²) in [5, 5.41) is 4.24. The van der Waals surface area contributed by atoms with Crippen molar-refractivity contribution in [2.75, 3.05) is 4.72 Å². The molecule has 6 nitrogen and oxygen atoms in total. The normalized spacial score (nSPS) is 11.3. The van der Waals surface area contributed by atoms with Gasteiger partial charge in [-0.25, -0.2) is 8.42 Å².